The van der Waals surface area contributed by atoms with Gasteiger partial charge in [-0.1, -0.05) is 6.07 Å². The van der Waals surface area contributed by atoms with Gasteiger partial charge in [-0.2, -0.15) is 0 Å². The Balaban J connectivity index is 2.02. The highest BCUT2D eigenvalue weighted by Crippen LogP contribution is 2.41. The minimum absolute atomic E-state index is 0.287. The largest absolute Gasteiger partial charge is 0.497 e. The van der Waals surface area contributed by atoms with E-state index in [1.165, 1.54) is 5.56 Å². The predicted molar refractivity (Wildman–Crippen MR) is 70.3 cm³/mol. The second kappa shape index (κ2) is 4.39. The minimum Gasteiger partial charge on any atom is -0.497 e. The first kappa shape index (κ1) is 11.7. The molecule has 0 amide bonds. The standard InChI is InChI=1S/C15H19NO2/c1-16-6-5-10-7-15(17)13-8-11(18-2)3-4-12(13)14(10)9-16/h3-4,8,10,14H,5-7,9H2,1-2H3/t10-,14+/m0/s1. The lowest BCUT2D eigenvalue weighted by Gasteiger charge is -2.40. The number of ketones is 1. The zero-order chi connectivity index (χ0) is 12.7. The molecule has 0 spiro atoms. The molecule has 1 heterocycles. The number of carbonyl (C=O) groups is 1. The maximum Gasteiger partial charge on any atom is 0.163 e. The Kier molecular flexibility index (Phi) is 2.86. The molecule has 3 nitrogen and oxygen atoms in total. The van der Waals surface area contributed by atoms with Gasteiger partial charge in [-0.15, -0.1) is 0 Å². The van der Waals surface area contributed by atoms with E-state index in [-0.39, 0.29) is 5.78 Å². The molecule has 0 saturated carbocycles. The summed E-state index contributed by atoms with van der Waals surface area (Å²) in [7, 11) is 3.81. The lowest BCUT2D eigenvalue weighted by atomic mass is 9.71. The van der Waals surface area contributed by atoms with E-state index in [9.17, 15) is 4.79 Å². The number of nitrogens with zero attached hydrogens (tertiary/aromatic N) is 1. The van der Waals surface area contributed by atoms with Crippen LogP contribution in [0.4, 0.5) is 0 Å². The van der Waals surface area contributed by atoms with Crippen LogP contribution in [0.15, 0.2) is 18.2 Å². The third-order valence-electron chi connectivity index (χ3n) is 4.37. The van der Waals surface area contributed by atoms with Crippen molar-refractivity contribution in [3.05, 3.63) is 29.3 Å². The second-order valence-electron chi connectivity index (χ2n) is 5.50. The molecule has 0 bridgehead atoms. The van der Waals surface area contributed by atoms with Crippen LogP contribution in [0.3, 0.4) is 0 Å². The Morgan fingerprint density at radius 3 is 3.00 bits per heavy atom. The van der Waals surface area contributed by atoms with Gasteiger partial charge in [-0.05, 0) is 43.6 Å². The highest BCUT2D eigenvalue weighted by Gasteiger charge is 2.37. The van der Waals surface area contributed by atoms with Crippen LogP contribution in [0.25, 0.3) is 0 Å². The van der Waals surface area contributed by atoms with Gasteiger partial charge in [-0.3, -0.25) is 4.79 Å². The van der Waals surface area contributed by atoms with Gasteiger partial charge in [0.25, 0.3) is 0 Å². The molecular formula is C15H19NO2. The number of likely N-dealkylation sites (N-methyl/N-ethyl adjacent to an activating group) is 1. The lowest BCUT2D eigenvalue weighted by molar-refractivity contribution is 0.0886. The van der Waals surface area contributed by atoms with Crippen molar-refractivity contribution in [2.75, 3.05) is 27.2 Å². The van der Waals surface area contributed by atoms with Crippen LogP contribution in [-0.2, 0) is 0 Å². The third kappa shape index (κ3) is 1.83. The molecule has 3 rings (SSSR count). The lowest BCUT2D eigenvalue weighted by Crippen LogP contribution is -2.40. The maximum absolute atomic E-state index is 12.2. The van der Waals surface area contributed by atoms with Crippen molar-refractivity contribution < 1.29 is 9.53 Å². The number of hydrogen-bond donors (Lipinski definition) is 0. The minimum atomic E-state index is 0.287. The molecule has 96 valence electrons. The zero-order valence-electron chi connectivity index (χ0n) is 11.0. The summed E-state index contributed by atoms with van der Waals surface area (Å²) >= 11 is 0. The number of fused-ring (bicyclic) bond motifs is 3. The van der Waals surface area contributed by atoms with E-state index >= 15 is 0 Å². The van der Waals surface area contributed by atoms with Crippen LogP contribution in [0.2, 0.25) is 0 Å². The number of likely N-dealkylation sites (tertiary alicyclic amines) is 1. The third-order valence-corrected chi connectivity index (χ3v) is 4.37. The monoisotopic (exact) mass is 245 g/mol. The maximum atomic E-state index is 12.2. The summed E-state index contributed by atoms with van der Waals surface area (Å²) in [4.78, 5) is 14.6. The highest BCUT2D eigenvalue weighted by atomic mass is 16.5. The fourth-order valence-corrected chi connectivity index (χ4v) is 3.34. The van der Waals surface area contributed by atoms with Crippen molar-refractivity contribution in [2.24, 2.45) is 5.92 Å². The Bertz CT molecular complexity index is 483. The van der Waals surface area contributed by atoms with Gasteiger partial charge in [0.1, 0.15) is 5.75 Å². The molecule has 1 aromatic carbocycles. The summed E-state index contributed by atoms with van der Waals surface area (Å²) in [5.41, 5.74) is 2.11. The summed E-state index contributed by atoms with van der Waals surface area (Å²) < 4.78 is 5.22. The van der Waals surface area contributed by atoms with Gasteiger partial charge in [0, 0.05) is 24.4 Å². The van der Waals surface area contributed by atoms with Crippen LogP contribution < -0.4 is 4.74 Å². The van der Waals surface area contributed by atoms with Gasteiger partial charge in [-0.25, -0.2) is 0 Å². The Labute approximate surface area is 108 Å². The number of methoxy groups -OCH3 is 1. The van der Waals surface area contributed by atoms with Gasteiger partial charge in [0.15, 0.2) is 5.78 Å². The van der Waals surface area contributed by atoms with Crippen LogP contribution in [0, 0.1) is 5.92 Å². The predicted octanol–water partition coefficient (Wildman–Crippen LogP) is 2.32. The SMILES string of the molecule is COc1ccc2c(c1)C(=O)C[C@@H]1CCN(C)C[C@@H]21. The van der Waals surface area contributed by atoms with Gasteiger partial charge in [0.2, 0.25) is 0 Å². The first-order chi connectivity index (χ1) is 8.69. The summed E-state index contributed by atoms with van der Waals surface area (Å²) in [5.74, 6) is 2.12. The second-order valence-corrected chi connectivity index (χ2v) is 5.50. The van der Waals surface area contributed by atoms with Gasteiger partial charge in [0.05, 0.1) is 7.11 Å². The number of hydrogen-bond acceptors (Lipinski definition) is 3. The van der Waals surface area contributed by atoms with Crippen molar-refractivity contribution in [1.29, 1.82) is 0 Å². The van der Waals surface area contributed by atoms with E-state index in [2.05, 4.69) is 18.0 Å². The van der Waals surface area contributed by atoms with Gasteiger partial charge >= 0.3 is 0 Å². The molecule has 1 aromatic rings. The van der Waals surface area contributed by atoms with Crippen molar-refractivity contribution >= 4 is 5.78 Å². The highest BCUT2D eigenvalue weighted by molar-refractivity contribution is 5.99. The van der Waals surface area contributed by atoms with Crippen molar-refractivity contribution in [1.82, 2.24) is 4.90 Å². The fourth-order valence-electron chi connectivity index (χ4n) is 3.34. The van der Waals surface area contributed by atoms with E-state index in [1.807, 2.05) is 12.1 Å². The fraction of sp³-hybridized carbons (Fsp3) is 0.533. The van der Waals surface area contributed by atoms with E-state index in [0.29, 0.717) is 18.3 Å². The topological polar surface area (TPSA) is 29.5 Å². The summed E-state index contributed by atoms with van der Waals surface area (Å²) in [6.45, 7) is 2.18. The molecule has 1 aliphatic heterocycles. The van der Waals surface area contributed by atoms with E-state index in [4.69, 9.17) is 4.74 Å². The van der Waals surface area contributed by atoms with Crippen molar-refractivity contribution in [3.63, 3.8) is 0 Å². The molecule has 0 aromatic heterocycles. The Morgan fingerprint density at radius 2 is 2.22 bits per heavy atom. The molecule has 1 saturated heterocycles. The van der Waals surface area contributed by atoms with Crippen LogP contribution in [0.5, 0.6) is 5.75 Å². The average molecular weight is 245 g/mol. The smallest absolute Gasteiger partial charge is 0.163 e. The normalized spacial score (nSPS) is 27.6. The molecule has 18 heavy (non-hydrogen) atoms. The zero-order valence-corrected chi connectivity index (χ0v) is 11.0. The number of benzene rings is 1. The van der Waals surface area contributed by atoms with Crippen molar-refractivity contribution in [2.45, 2.75) is 18.8 Å². The molecule has 2 aliphatic rings. The number of Topliss-reactive ketones (excluding diaryl/α,β-unsaturated/α-hetero) is 1. The number of ether oxygens (including phenoxy) is 1. The quantitative estimate of drug-likeness (QED) is 0.760. The number of piperidine rings is 1. The molecule has 2 atom stereocenters. The van der Waals surface area contributed by atoms with Crippen LogP contribution in [0.1, 0.15) is 34.7 Å². The first-order valence-corrected chi connectivity index (χ1v) is 6.58. The molecule has 0 unspecified atom stereocenters. The summed E-state index contributed by atoms with van der Waals surface area (Å²) in [5, 5.41) is 0. The molecule has 1 aliphatic carbocycles. The first-order valence-electron chi connectivity index (χ1n) is 6.58. The molecule has 0 radical (unpaired) electrons. The summed E-state index contributed by atoms with van der Waals surface area (Å²) in [6, 6.07) is 5.97. The van der Waals surface area contributed by atoms with E-state index in [1.54, 1.807) is 7.11 Å². The molecule has 1 fully saturated rings. The van der Waals surface area contributed by atoms with E-state index < -0.39 is 0 Å². The van der Waals surface area contributed by atoms with Crippen molar-refractivity contribution in [3.8, 4) is 5.75 Å². The van der Waals surface area contributed by atoms with Crippen LogP contribution >= 0.6 is 0 Å². The Morgan fingerprint density at radius 1 is 1.39 bits per heavy atom. The van der Waals surface area contributed by atoms with E-state index in [0.717, 1.165) is 30.8 Å². The number of rotatable bonds is 1. The Hall–Kier alpha value is -1.35. The number of carbonyl (C=O) groups excluding carboxylic acids is 1. The molecule has 0 N–H and O–H groups in total. The van der Waals surface area contributed by atoms with Crippen LogP contribution in [-0.4, -0.2) is 37.9 Å². The average Bonchev–Trinajstić information content (AvgIpc) is 2.39. The summed E-state index contributed by atoms with van der Waals surface area (Å²) in [6.07, 6.45) is 1.84. The molecular weight excluding hydrogens is 226 g/mol. The molecule has 3 heteroatoms. The van der Waals surface area contributed by atoms with Gasteiger partial charge < -0.3 is 9.64 Å².